The van der Waals surface area contributed by atoms with E-state index in [1.54, 1.807) is 14.2 Å². The highest BCUT2D eigenvalue weighted by atomic mass is 127. The molecular weight excluding hydrogens is 487 g/mol. The van der Waals surface area contributed by atoms with Crippen LogP contribution in [0.5, 0.6) is 11.5 Å². The number of nitrogens with zero attached hydrogens (tertiary/aromatic N) is 4. The van der Waals surface area contributed by atoms with Gasteiger partial charge in [-0.3, -0.25) is 0 Å². The van der Waals surface area contributed by atoms with Crippen molar-refractivity contribution in [1.29, 1.82) is 0 Å². The Labute approximate surface area is 189 Å². The first-order valence-corrected chi connectivity index (χ1v) is 9.29. The van der Waals surface area contributed by atoms with Gasteiger partial charge >= 0.3 is 0 Å². The van der Waals surface area contributed by atoms with E-state index in [1.807, 2.05) is 43.7 Å². The van der Waals surface area contributed by atoms with Crippen LogP contribution in [0.2, 0.25) is 0 Å². The molecule has 10 heteroatoms. The number of halogens is 1. The molecule has 29 heavy (non-hydrogen) atoms. The van der Waals surface area contributed by atoms with Gasteiger partial charge in [-0.15, -0.1) is 34.2 Å². The highest BCUT2D eigenvalue weighted by Crippen LogP contribution is 2.30. The van der Waals surface area contributed by atoms with Gasteiger partial charge in [0.15, 0.2) is 23.3 Å². The highest BCUT2D eigenvalue weighted by Gasteiger charge is 2.09. The lowest BCUT2D eigenvalue weighted by Gasteiger charge is -2.15. The van der Waals surface area contributed by atoms with Crippen molar-refractivity contribution in [2.45, 2.75) is 26.8 Å². The molecule has 0 spiro atoms. The van der Waals surface area contributed by atoms with Crippen LogP contribution in [0, 0.1) is 6.92 Å². The third-order valence-corrected chi connectivity index (χ3v) is 4.11. The normalized spacial score (nSPS) is 11.0. The Balaban J connectivity index is 0.00000420. The zero-order chi connectivity index (χ0) is 20.4. The number of aliphatic imine (C=N–C) groups is 1. The van der Waals surface area contributed by atoms with Gasteiger partial charge in [0.2, 0.25) is 0 Å². The Hall–Kier alpha value is -2.08. The van der Waals surface area contributed by atoms with Crippen LogP contribution >= 0.6 is 24.0 Å². The lowest BCUT2D eigenvalue weighted by Crippen LogP contribution is -2.32. The first kappa shape index (κ1) is 25.0. The van der Waals surface area contributed by atoms with Gasteiger partial charge in [-0.2, -0.15) is 0 Å². The average Bonchev–Trinajstić information content (AvgIpc) is 3.01. The molecule has 2 aromatic rings. The fourth-order valence-electron chi connectivity index (χ4n) is 2.46. The van der Waals surface area contributed by atoms with Crippen molar-refractivity contribution >= 4 is 35.6 Å². The molecule has 0 bridgehead atoms. The zero-order valence-corrected chi connectivity index (χ0v) is 20.0. The standard InChI is InChI=1S/C19H30N6O3.HI/c1-6-28-17-12-15(8-9-16(17)27-5)22-19(20-10-7-11-26-4)21-13-18-24-23-14(2)25(18)3;/h8-9,12H,6-7,10-11,13H2,1-5H3,(H2,20,21,22);1H. The molecule has 1 aromatic carbocycles. The van der Waals surface area contributed by atoms with Crippen LogP contribution in [0.25, 0.3) is 0 Å². The van der Waals surface area contributed by atoms with Crippen LogP contribution in [0.4, 0.5) is 5.69 Å². The monoisotopic (exact) mass is 518 g/mol. The summed E-state index contributed by atoms with van der Waals surface area (Å²) in [5, 5.41) is 14.8. The van der Waals surface area contributed by atoms with E-state index >= 15 is 0 Å². The third-order valence-electron chi connectivity index (χ3n) is 4.11. The number of nitrogens with one attached hydrogen (secondary N) is 2. The molecule has 0 unspecified atom stereocenters. The summed E-state index contributed by atoms with van der Waals surface area (Å²) in [6, 6.07) is 5.67. The maximum atomic E-state index is 5.65. The molecule has 1 heterocycles. The number of guanidine groups is 1. The molecule has 0 amide bonds. The van der Waals surface area contributed by atoms with Gasteiger partial charge < -0.3 is 29.4 Å². The second-order valence-corrected chi connectivity index (χ2v) is 6.08. The van der Waals surface area contributed by atoms with Crippen molar-refractivity contribution in [3.05, 3.63) is 29.8 Å². The molecule has 0 aliphatic rings. The predicted octanol–water partition coefficient (Wildman–Crippen LogP) is 2.74. The lowest BCUT2D eigenvalue weighted by atomic mass is 10.2. The Morgan fingerprint density at radius 1 is 1.21 bits per heavy atom. The van der Waals surface area contributed by atoms with E-state index in [0.717, 1.165) is 30.3 Å². The van der Waals surface area contributed by atoms with Crippen LogP contribution < -0.4 is 20.1 Å². The number of aromatic nitrogens is 3. The van der Waals surface area contributed by atoms with Crippen LogP contribution in [0.1, 0.15) is 25.0 Å². The van der Waals surface area contributed by atoms with E-state index in [9.17, 15) is 0 Å². The van der Waals surface area contributed by atoms with Crippen molar-refractivity contribution < 1.29 is 14.2 Å². The maximum Gasteiger partial charge on any atom is 0.196 e. The minimum absolute atomic E-state index is 0. The minimum Gasteiger partial charge on any atom is -0.493 e. The van der Waals surface area contributed by atoms with Crippen molar-refractivity contribution in [2.24, 2.45) is 12.0 Å². The van der Waals surface area contributed by atoms with Crippen LogP contribution in [0.3, 0.4) is 0 Å². The quantitative estimate of drug-likeness (QED) is 0.216. The smallest absolute Gasteiger partial charge is 0.196 e. The number of ether oxygens (including phenoxy) is 3. The molecule has 0 saturated carbocycles. The molecule has 0 saturated heterocycles. The first-order valence-electron chi connectivity index (χ1n) is 9.29. The number of methoxy groups -OCH3 is 2. The molecule has 2 rings (SSSR count). The highest BCUT2D eigenvalue weighted by molar-refractivity contribution is 14.0. The van der Waals surface area contributed by atoms with Gasteiger partial charge in [-0.25, -0.2) is 4.99 Å². The Morgan fingerprint density at radius 3 is 2.62 bits per heavy atom. The van der Waals surface area contributed by atoms with Gasteiger partial charge in [0.1, 0.15) is 12.4 Å². The summed E-state index contributed by atoms with van der Waals surface area (Å²) >= 11 is 0. The SMILES string of the molecule is CCOc1cc(NC(=NCc2nnc(C)n2C)NCCCOC)ccc1OC.I. The van der Waals surface area contributed by atoms with Crippen LogP contribution in [-0.2, 0) is 18.3 Å². The Morgan fingerprint density at radius 2 is 2.00 bits per heavy atom. The molecule has 2 N–H and O–H groups in total. The lowest BCUT2D eigenvalue weighted by molar-refractivity contribution is 0.195. The topological polar surface area (TPSA) is 94.8 Å². The van der Waals surface area contributed by atoms with Crippen LogP contribution in [-0.4, -0.2) is 54.7 Å². The van der Waals surface area contributed by atoms with Crippen LogP contribution in [0.15, 0.2) is 23.2 Å². The summed E-state index contributed by atoms with van der Waals surface area (Å²) in [7, 11) is 5.24. The Bertz CT molecular complexity index is 781. The van der Waals surface area contributed by atoms with Crippen molar-refractivity contribution in [1.82, 2.24) is 20.1 Å². The molecule has 0 atom stereocenters. The summed E-state index contributed by atoms with van der Waals surface area (Å²) in [5.41, 5.74) is 0.844. The van der Waals surface area contributed by atoms with Gasteiger partial charge in [-0.1, -0.05) is 0 Å². The summed E-state index contributed by atoms with van der Waals surface area (Å²) in [5.74, 6) is 3.65. The number of hydrogen-bond donors (Lipinski definition) is 2. The molecule has 1 aromatic heterocycles. The van der Waals surface area contributed by atoms with Crippen molar-refractivity contribution in [3.63, 3.8) is 0 Å². The average molecular weight is 518 g/mol. The van der Waals surface area contributed by atoms with Gasteiger partial charge in [0.25, 0.3) is 0 Å². The first-order chi connectivity index (χ1) is 13.6. The second kappa shape index (κ2) is 13.2. The summed E-state index contributed by atoms with van der Waals surface area (Å²) < 4.78 is 18.0. The molecule has 0 fully saturated rings. The largest absolute Gasteiger partial charge is 0.493 e. The molecule has 0 aliphatic carbocycles. The maximum absolute atomic E-state index is 5.65. The van der Waals surface area contributed by atoms with Gasteiger partial charge in [0.05, 0.1) is 13.7 Å². The summed E-state index contributed by atoms with van der Waals surface area (Å²) in [4.78, 5) is 4.64. The molecule has 9 nitrogen and oxygen atoms in total. The van der Waals surface area contributed by atoms with E-state index in [4.69, 9.17) is 14.2 Å². The van der Waals surface area contributed by atoms with Gasteiger partial charge in [0, 0.05) is 39.1 Å². The molecular formula is C19H31IN6O3. The number of rotatable bonds is 10. The van der Waals surface area contributed by atoms with E-state index < -0.39 is 0 Å². The number of aryl methyl sites for hydroxylation is 1. The zero-order valence-electron chi connectivity index (χ0n) is 17.7. The molecule has 0 aliphatic heterocycles. The number of hydrogen-bond acceptors (Lipinski definition) is 6. The molecule has 0 radical (unpaired) electrons. The fraction of sp³-hybridized carbons (Fsp3) is 0.526. The molecule has 162 valence electrons. The van der Waals surface area contributed by atoms with E-state index in [1.165, 1.54) is 0 Å². The Kier molecular flexibility index (Phi) is 11.4. The fourth-order valence-corrected chi connectivity index (χ4v) is 2.46. The summed E-state index contributed by atoms with van der Waals surface area (Å²) in [6.07, 6.45) is 0.868. The third kappa shape index (κ3) is 7.69. The van der Waals surface area contributed by atoms with E-state index in [-0.39, 0.29) is 24.0 Å². The van der Waals surface area contributed by atoms with Crippen molar-refractivity contribution in [2.75, 3.05) is 39.3 Å². The summed E-state index contributed by atoms with van der Waals surface area (Å²) in [6.45, 7) is 6.22. The number of anilines is 1. The minimum atomic E-state index is 0. The predicted molar refractivity (Wildman–Crippen MR) is 125 cm³/mol. The second-order valence-electron chi connectivity index (χ2n) is 6.08. The van der Waals surface area contributed by atoms with Crippen molar-refractivity contribution in [3.8, 4) is 11.5 Å². The van der Waals surface area contributed by atoms with E-state index in [0.29, 0.717) is 37.2 Å². The van der Waals surface area contributed by atoms with E-state index in [2.05, 4.69) is 25.8 Å². The number of benzene rings is 1. The van der Waals surface area contributed by atoms with Gasteiger partial charge in [-0.05, 0) is 32.4 Å².